The average Bonchev–Trinajstić information content (AvgIpc) is 1.65. The number of carbonyl (C=O) groups is 8. The standard InChI is InChI=1S/4C25H25N7O3/c4*1-31-20-10-7-17(25(35)32(13-11-23(33)34)21-4-2-3-12-28-21)14-19(20)30-22(31)15-29-18-8-5-16(6-9-18)24(26)27/h4*2-10,12,14,29H,11,13,15H2,1H3,(H3,26,27)(H,33,34). The number of aryl methyl sites for hydroxylation is 4. The Labute approximate surface area is 800 Å². The number of imidazole rings is 4. The van der Waals surface area contributed by atoms with Crippen molar-refractivity contribution in [3.8, 4) is 0 Å². The maximum Gasteiger partial charge on any atom is 0.305 e. The van der Waals surface area contributed by atoms with Crippen LogP contribution in [-0.4, -0.2) is 176 Å². The SMILES string of the molecule is Cn1c(CNc2ccc(C(=N)N)cc2)nc2cc(C(=O)N(CCC(=O)O)c3ccccn3)ccc21.Cn1c(CNc2ccc(C(=N)N)cc2)nc2cc(C(=O)N(CCC(=O)O)c3ccccn3)ccc21.Cn1c(CNc2ccc(C(=N)N)cc2)nc2cc(C(=O)N(CCC(=O)O)c3ccccn3)ccc21.Cn1c(CNc2ccc(C(=N)N)cc2)nc2cc(C(=O)N(CCC(=O)O)c3ccccn3)ccc21. The number of anilines is 8. The third kappa shape index (κ3) is 25.1. The zero-order valence-electron chi connectivity index (χ0n) is 76.4. The van der Waals surface area contributed by atoms with Crippen molar-refractivity contribution in [3.63, 3.8) is 0 Å². The van der Waals surface area contributed by atoms with Gasteiger partial charge in [-0.25, -0.2) is 39.9 Å². The third-order valence-corrected chi connectivity index (χ3v) is 22.3. The van der Waals surface area contributed by atoms with Crippen molar-refractivity contribution in [1.29, 1.82) is 21.6 Å². The summed E-state index contributed by atoms with van der Waals surface area (Å²) in [6.45, 7) is 1.82. The monoisotopic (exact) mass is 1880 g/mol. The van der Waals surface area contributed by atoms with E-state index >= 15 is 0 Å². The van der Waals surface area contributed by atoms with E-state index in [2.05, 4.69) is 61.1 Å². The van der Waals surface area contributed by atoms with E-state index in [4.69, 9.17) is 65.0 Å². The van der Waals surface area contributed by atoms with E-state index < -0.39 is 23.9 Å². The Morgan fingerprint density at radius 3 is 0.629 bits per heavy atom. The number of nitrogens with zero attached hydrogens (tertiary/aromatic N) is 16. The molecule has 0 unspecified atom stereocenters. The Bertz CT molecular complexity index is 6390. The van der Waals surface area contributed by atoms with E-state index in [1.165, 1.54) is 19.6 Å². The van der Waals surface area contributed by atoms with E-state index in [-0.39, 0.29) is 98.8 Å². The highest BCUT2D eigenvalue weighted by Crippen LogP contribution is 2.29. The van der Waals surface area contributed by atoms with Crippen LogP contribution in [-0.2, 0) is 73.5 Å². The van der Waals surface area contributed by atoms with E-state index in [1.54, 1.807) is 195 Å². The number of carboxylic acids is 4. The summed E-state index contributed by atoms with van der Waals surface area (Å²) >= 11 is 0. The third-order valence-electron chi connectivity index (χ3n) is 22.3. The number of amidine groups is 4. The van der Waals surface area contributed by atoms with Crippen LogP contribution >= 0.6 is 0 Å². The molecule has 16 rings (SSSR count). The molecule has 0 spiro atoms. The number of pyridine rings is 4. The lowest BCUT2D eigenvalue weighted by atomic mass is 10.1. The topological polar surface area (TPSA) is 601 Å². The first-order valence-electron chi connectivity index (χ1n) is 43.7. The lowest BCUT2D eigenvalue weighted by Gasteiger charge is -2.21. The number of benzene rings is 8. The van der Waals surface area contributed by atoms with Crippen LogP contribution in [0.4, 0.5) is 46.0 Å². The fraction of sp³-hybridized carbons (Fsp3) is 0.160. The Morgan fingerprint density at radius 2 is 0.464 bits per heavy atom. The molecule has 0 bridgehead atoms. The molecule has 0 atom stereocenters. The van der Waals surface area contributed by atoms with Crippen molar-refractivity contribution >= 4 is 161 Å². The number of amides is 4. The van der Waals surface area contributed by atoms with Crippen LogP contribution in [0.1, 0.15) is 113 Å². The number of aromatic nitrogens is 12. The predicted molar refractivity (Wildman–Crippen MR) is 535 cm³/mol. The first-order valence-corrected chi connectivity index (χ1v) is 43.7. The molecule has 8 aromatic heterocycles. The maximum absolute atomic E-state index is 13.3. The minimum absolute atomic E-state index is 0.00300. The summed E-state index contributed by atoms with van der Waals surface area (Å²) in [5, 5.41) is 79.6. The quantitative estimate of drug-likeness (QED) is 0.0128. The minimum Gasteiger partial charge on any atom is -0.481 e. The number of hydrogen-bond acceptors (Lipinski definition) is 24. The lowest BCUT2D eigenvalue weighted by molar-refractivity contribution is -0.137. The molecule has 4 amide bonds. The predicted octanol–water partition coefficient (Wildman–Crippen LogP) is 11.9. The Hall–Kier alpha value is -18.9. The van der Waals surface area contributed by atoms with Crippen molar-refractivity contribution < 1.29 is 58.8 Å². The first kappa shape index (κ1) is 98.6. The molecule has 0 aliphatic heterocycles. The highest BCUT2D eigenvalue weighted by Gasteiger charge is 2.27. The van der Waals surface area contributed by atoms with Crippen LogP contribution in [0.5, 0.6) is 0 Å². The first-order chi connectivity index (χ1) is 67.3. The summed E-state index contributed by atoms with van der Waals surface area (Å²) in [5.74, 6) is -0.649. The number of hydrogen-bond donors (Lipinski definition) is 16. The number of carboxylic acid groups (broad SMARTS) is 4. The van der Waals surface area contributed by atoms with Gasteiger partial charge in [0.25, 0.3) is 23.6 Å². The number of nitrogens with one attached hydrogen (secondary N) is 8. The van der Waals surface area contributed by atoms with Gasteiger partial charge < -0.3 is 82.9 Å². The maximum atomic E-state index is 13.3. The number of carbonyl (C=O) groups excluding carboxylic acids is 4. The summed E-state index contributed by atoms with van der Waals surface area (Å²) in [7, 11) is 7.61. The van der Waals surface area contributed by atoms with Crippen LogP contribution in [0.25, 0.3) is 44.1 Å². The smallest absolute Gasteiger partial charge is 0.305 e. The molecular weight excluding hydrogens is 1790 g/mol. The summed E-state index contributed by atoms with van der Waals surface area (Å²) in [6.07, 6.45) is 5.45. The highest BCUT2D eigenvalue weighted by atomic mass is 16.4. The van der Waals surface area contributed by atoms with Crippen molar-refractivity contribution in [2.45, 2.75) is 51.9 Å². The molecule has 140 heavy (non-hydrogen) atoms. The zero-order valence-corrected chi connectivity index (χ0v) is 76.4. The van der Waals surface area contributed by atoms with Gasteiger partial charge in [-0.2, -0.15) is 0 Å². The van der Waals surface area contributed by atoms with Gasteiger partial charge in [0.2, 0.25) is 0 Å². The van der Waals surface area contributed by atoms with Crippen molar-refractivity contribution in [2.75, 3.05) is 67.0 Å². The van der Waals surface area contributed by atoms with Crippen molar-refractivity contribution in [3.05, 3.63) is 335 Å². The molecular formula is C100H100N28O12. The highest BCUT2D eigenvalue weighted by molar-refractivity contribution is 6.11. The van der Waals surface area contributed by atoms with Gasteiger partial charge in [0, 0.05) is 146 Å². The van der Waals surface area contributed by atoms with Crippen LogP contribution in [0.15, 0.2) is 267 Å². The molecule has 20 N–H and O–H groups in total. The molecule has 40 heteroatoms. The molecule has 16 aromatic rings. The molecule has 712 valence electrons. The number of aliphatic carboxylic acids is 4. The Balaban J connectivity index is 0.000000157. The van der Waals surface area contributed by atoms with Gasteiger partial charge in [-0.1, -0.05) is 24.3 Å². The summed E-state index contributed by atoms with van der Waals surface area (Å²) in [5.41, 5.74) is 35.7. The molecule has 8 heterocycles. The lowest BCUT2D eigenvalue weighted by Crippen LogP contribution is -2.33. The molecule has 0 saturated heterocycles. The van der Waals surface area contributed by atoms with Gasteiger partial charge in [0.05, 0.1) is 96.0 Å². The molecule has 0 saturated carbocycles. The minimum atomic E-state index is -0.994. The second-order valence-electron chi connectivity index (χ2n) is 31.7. The van der Waals surface area contributed by atoms with E-state index in [1.807, 2.05) is 119 Å². The number of rotatable bonds is 36. The van der Waals surface area contributed by atoms with E-state index in [0.717, 1.165) is 68.1 Å². The molecule has 0 radical (unpaired) electrons. The Morgan fingerprint density at radius 1 is 0.279 bits per heavy atom. The fourth-order valence-corrected chi connectivity index (χ4v) is 14.7. The number of nitrogens with two attached hydrogens (primary N) is 4. The summed E-state index contributed by atoms with van der Waals surface area (Å²) in [4.78, 5) is 139. The molecule has 0 fully saturated rings. The van der Waals surface area contributed by atoms with Gasteiger partial charge in [0.1, 0.15) is 69.9 Å². The molecule has 0 aliphatic carbocycles. The van der Waals surface area contributed by atoms with Crippen LogP contribution in [0.2, 0.25) is 0 Å². The van der Waals surface area contributed by atoms with Crippen molar-refractivity contribution in [2.24, 2.45) is 51.1 Å². The molecule has 8 aromatic carbocycles. The van der Waals surface area contributed by atoms with Gasteiger partial charge in [0.15, 0.2) is 0 Å². The molecule has 40 nitrogen and oxygen atoms in total. The summed E-state index contributed by atoms with van der Waals surface area (Å²) < 4.78 is 7.78. The van der Waals surface area contributed by atoms with Crippen molar-refractivity contribution in [1.82, 2.24) is 58.1 Å². The normalized spacial score (nSPS) is 10.8. The van der Waals surface area contributed by atoms with Gasteiger partial charge in [-0.15, -0.1) is 0 Å². The van der Waals surface area contributed by atoms with Gasteiger partial charge >= 0.3 is 23.9 Å². The van der Waals surface area contributed by atoms with Crippen LogP contribution < -0.4 is 63.8 Å². The molecule has 0 aliphatic rings. The number of nitrogen functional groups attached to an aromatic ring is 4. The number of fused-ring (bicyclic) bond motifs is 4. The van der Waals surface area contributed by atoms with Gasteiger partial charge in [-0.3, -0.25) is 79.6 Å². The van der Waals surface area contributed by atoms with E-state index in [9.17, 15) is 38.4 Å². The second kappa shape index (κ2) is 45.7. The average molecular weight is 1890 g/mol. The Kier molecular flexibility index (Phi) is 32.2. The fourth-order valence-electron chi connectivity index (χ4n) is 14.7. The van der Waals surface area contributed by atoms with Gasteiger partial charge in [-0.05, 0) is 218 Å². The second-order valence-corrected chi connectivity index (χ2v) is 31.7. The zero-order chi connectivity index (χ0) is 99.8. The van der Waals surface area contributed by atoms with Crippen LogP contribution in [0.3, 0.4) is 0 Å². The van der Waals surface area contributed by atoms with Crippen LogP contribution in [0, 0.1) is 21.6 Å². The summed E-state index contributed by atoms with van der Waals surface area (Å²) in [6, 6.07) is 70.6. The largest absolute Gasteiger partial charge is 0.481 e. The van der Waals surface area contributed by atoms with E-state index in [0.29, 0.717) is 116 Å².